The Morgan fingerprint density at radius 3 is 2.60 bits per heavy atom. The number of nitrogens with one attached hydrogen (secondary N) is 1. The predicted octanol–water partition coefficient (Wildman–Crippen LogP) is 4.64. The number of aliphatic hydroxyl groups excluding tert-OH is 2. The van der Waals surface area contributed by atoms with Crippen molar-refractivity contribution in [3.63, 3.8) is 0 Å². The van der Waals surface area contributed by atoms with Crippen molar-refractivity contribution in [1.82, 2.24) is 9.88 Å². The van der Waals surface area contributed by atoms with Crippen molar-refractivity contribution in [2.45, 2.75) is 24.1 Å². The van der Waals surface area contributed by atoms with E-state index in [9.17, 15) is 23.1 Å². The number of H-pyrrole nitrogens is 1. The van der Waals surface area contributed by atoms with Gasteiger partial charge in [-0.2, -0.15) is 13.2 Å². The average molecular weight is 531 g/mol. The van der Waals surface area contributed by atoms with Crippen molar-refractivity contribution in [3.8, 4) is 16.9 Å². The van der Waals surface area contributed by atoms with Crippen molar-refractivity contribution >= 4 is 34.3 Å². The van der Waals surface area contributed by atoms with E-state index in [1.54, 1.807) is 12.1 Å². The summed E-state index contributed by atoms with van der Waals surface area (Å²) in [5.41, 5.74) is -0.533. The number of fused-ring (bicyclic) bond motifs is 1. The quantitative estimate of drug-likeness (QED) is 0.331. The van der Waals surface area contributed by atoms with Crippen LogP contribution in [0, 0.1) is 0 Å². The molecule has 0 aliphatic rings. The molecule has 0 radical (unpaired) electrons. The van der Waals surface area contributed by atoms with Gasteiger partial charge in [-0.1, -0.05) is 18.5 Å². The van der Waals surface area contributed by atoms with Crippen LogP contribution in [0.2, 0.25) is 5.02 Å². The molecule has 0 saturated carbocycles. The van der Waals surface area contributed by atoms with Crippen LogP contribution in [-0.4, -0.2) is 65.3 Å². The lowest BCUT2D eigenvalue weighted by Gasteiger charge is -2.23. The molecule has 190 valence electrons. The van der Waals surface area contributed by atoms with Crippen LogP contribution in [0.1, 0.15) is 12.5 Å². The number of methoxy groups -OCH3 is 1. The second kappa shape index (κ2) is 11.7. The largest absolute Gasteiger partial charge is 0.496 e. The summed E-state index contributed by atoms with van der Waals surface area (Å²) < 4.78 is 46.0. The van der Waals surface area contributed by atoms with E-state index in [0.29, 0.717) is 29.4 Å². The fourth-order valence-electron chi connectivity index (χ4n) is 3.78. The molecule has 35 heavy (non-hydrogen) atoms. The maximum atomic E-state index is 13.5. The molecule has 3 aromatic rings. The number of hydrogen-bond donors (Lipinski definition) is 3. The molecule has 3 rings (SSSR count). The molecule has 3 N–H and O–H groups in total. The summed E-state index contributed by atoms with van der Waals surface area (Å²) in [4.78, 5) is 17.7. The smallest absolute Gasteiger partial charge is 0.416 e. The highest BCUT2D eigenvalue weighted by Gasteiger charge is 2.31. The number of pyridine rings is 1. The number of benzene rings is 2. The van der Waals surface area contributed by atoms with E-state index in [0.717, 1.165) is 23.9 Å². The first-order valence-corrected chi connectivity index (χ1v) is 12.2. The SMILES string of the molecule is CCN(CCO)CC(O)CSc1c(-c2cc(Cl)ccc2OC)c2cc(C(F)(F)F)ccc2[nH]c1=O. The minimum absolute atomic E-state index is 0.0572. The Morgan fingerprint density at radius 1 is 1.23 bits per heavy atom. The van der Waals surface area contributed by atoms with Gasteiger partial charge in [0.2, 0.25) is 0 Å². The number of thioether (sulfide) groups is 1. The van der Waals surface area contributed by atoms with Crippen molar-refractivity contribution in [2.75, 3.05) is 39.1 Å². The standard InChI is InChI=1S/C24H26ClF3N2O4S/c1-3-30(8-9-31)12-16(32)13-35-22-21(18-11-15(25)5-7-20(18)34-2)17-10-14(24(26,27)28)4-6-19(17)29-23(22)33/h4-7,10-11,16,31-32H,3,8-9,12-13H2,1-2H3,(H,29,33). The highest BCUT2D eigenvalue weighted by molar-refractivity contribution is 7.99. The maximum absolute atomic E-state index is 13.5. The molecular weight excluding hydrogens is 505 g/mol. The molecular formula is C24H26ClF3N2O4S. The molecule has 0 aliphatic heterocycles. The molecule has 0 fully saturated rings. The van der Waals surface area contributed by atoms with Gasteiger partial charge in [0, 0.05) is 45.9 Å². The van der Waals surface area contributed by atoms with Gasteiger partial charge in [-0.3, -0.25) is 9.69 Å². The third-order valence-corrected chi connectivity index (χ3v) is 6.95. The highest BCUT2D eigenvalue weighted by Crippen LogP contribution is 2.42. The topological polar surface area (TPSA) is 85.8 Å². The monoisotopic (exact) mass is 530 g/mol. The Morgan fingerprint density at radius 2 is 1.97 bits per heavy atom. The molecule has 0 spiro atoms. The van der Waals surface area contributed by atoms with Crippen LogP contribution >= 0.6 is 23.4 Å². The minimum Gasteiger partial charge on any atom is -0.496 e. The van der Waals surface area contributed by atoms with Gasteiger partial charge in [-0.25, -0.2) is 0 Å². The molecule has 11 heteroatoms. The molecule has 0 bridgehead atoms. The van der Waals surface area contributed by atoms with E-state index >= 15 is 0 Å². The lowest BCUT2D eigenvalue weighted by Crippen LogP contribution is -2.35. The molecule has 1 atom stereocenters. The van der Waals surface area contributed by atoms with Gasteiger partial charge >= 0.3 is 6.18 Å². The Labute approximate surface area is 209 Å². The fourth-order valence-corrected chi connectivity index (χ4v) is 4.97. The number of alkyl halides is 3. The zero-order valence-electron chi connectivity index (χ0n) is 19.2. The van der Waals surface area contributed by atoms with E-state index in [1.807, 2.05) is 11.8 Å². The van der Waals surface area contributed by atoms with Crippen LogP contribution < -0.4 is 10.3 Å². The number of halogens is 4. The summed E-state index contributed by atoms with van der Waals surface area (Å²) in [5, 5.41) is 20.2. The molecule has 0 aliphatic carbocycles. The third kappa shape index (κ3) is 6.50. The minimum atomic E-state index is -4.58. The van der Waals surface area contributed by atoms with Gasteiger partial charge in [0.25, 0.3) is 5.56 Å². The molecule has 0 saturated heterocycles. The van der Waals surface area contributed by atoms with Crippen LogP contribution in [0.4, 0.5) is 13.2 Å². The highest BCUT2D eigenvalue weighted by atomic mass is 35.5. The third-order valence-electron chi connectivity index (χ3n) is 5.48. The average Bonchev–Trinajstić information content (AvgIpc) is 2.81. The number of aromatic amines is 1. The van der Waals surface area contributed by atoms with Crippen LogP contribution in [0.3, 0.4) is 0 Å². The molecule has 2 aromatic carbocycles. The maximum Gasteiger partial charge on any atom is 0.416 e. The van der Waals surface area contributed by atoms with Crippen molar-refractivity contribution in [1.29, 1.82) is 0 Å². The van der Waals surface area contributed by atoms with Crippen molar-refractivity contribution in [3.05, 3.63) is 57.3 Å². The Hall–Kier alpha value is -2.24. The molecule has 6 nitrogen and oxygen atoms in total. The number of hydrogen-bond acceptors (Lipinski definition) is 6. The number of ether oxygens (including phenoxy) is 1. The zero-order chi connectivity index (χ0) is 25.8. The number of nitrogens with zero attached hydrogens (tertiary/aromatic N) is 1. The van der Waals surface area contributed by atoms with Crippen LogP contribution in [0.5, 0.6) is 5.75 Å². The summed E-state index contributed by atoms with van der Waals surface area (Å²) >= 11 is 7.24. The summed E-state index contributed by atoms with van der Waals surface area (Å²) in [6.45, 7) is 3.11. The summed E-state index contributed by atoms with van der Waals surface area (Å²) in [6.07, 6.45) is -5.43. The van der Waals surface area contributed by atoms with E-state index in [1.165, 1.54) is 19.2 Å². The van der Waals surface area contributed by atoms with Gasteiger partial charge in [0.15, 0.2) is 0 Å². The van der Waals surface area contributed by atoms with Gasteiger partial charge in [-0.05, 0) is 42.9 Å². The zero-order valence-corrected chi connectivity index (χ0v) is 20.7. The molecule has 0 amide bonds. The first-order chi connectivity index (χ1) is 16.6. The van der Waals surface area contributed by atoms with E-state index in [4.69, 9.17) is 21.4 Å². The number of aromatic nitrogens is 1. The number of likely N-dealkylation sites (N-methyl/N-ethyl adjacent to an activating group) is 1. The van der Waals surface area contributed by atoms with Crippen LogP contribution in [-0.2, 0) is 6.18 Å². The van der Waals surface area contributed by atoms with Gasteiger partial charge in [-0.15, -0.1) is 11.8 Å². The van der Waals surface area contributed by atoms with Crippen molar-refractivity contribution < 1.29 is 28.1 Å². The number of rotatable bonds is 10. The molecule has 1 unspecified atom stereocenters. The summed E-state index contributed by atoms with van der Waals surface area (Å²) in [5.74, 6) is 0.437. The van der Waals surface area contributed by atoms with Crippen molar-refractivity contribution in [2.24, 2.45) is 0 Å². The van der Waals surface area contributed by atoms with Gasteiger partial charge in [0.05, 0.1) is 30.3 Å². The molecule has 1 aromatic heterocycles. The molecule has 1 heterocycles. The van der Waals surface area contributed by atoms with Crippen LogP contribution in [0.15, 0.2) is 46.1 Å². The summed E-state index contributed by atoms with van der Waals surface area (Å²) in [7, 11) is 1.42. The second-order valence-corrected chi connectivity index (χ2v) is 9.31. The van der Waals surface area contributed by atoms with Crippen LogP contribution in [0.25, 0.3) is 22.0 Å². The van der Waals surface area contributed by atoms with Gasteiger partial charge < -0.3 is 19.9 Å². The Kier molecular flexibility index (Phi) is 9.11. The first-order valence-electron chi connectivity index (χ1n) is 10.8. The number of aliphatic hydroxyl groups is 2. The first kappa shape index (κ1) is 27.3. The van der Waals surface area contributed by atoms with Gasteiger partial charge in [0.1, 0.15) is 5.75 Å². The van der Waals surface area contributed by atoms with E-state index in [2.05, 4.69) is 4.98 Å². The van der Waals surface area contributed by atoms with E-state index in [-0.39, 0.29) is 40.3 Å². The Bertz CT molecular complexity index is 1240. The normalized spacial score (nSPS) is 12.9. The lowest BCUT2D eigenvalue weighted by molar-refractivity contribution is -0.137. The second-order valence-electron chi connectivity index (χ2n) is 7.84. The fraction of sp³-hybridized carbons (Fsp3) is 0.375. The lowest BCUT2D eigenvalue weighted by atomic mass is 9.98. The Balaban J connectivity index is 2.17. The predicted molar refractivity (Wildman–Crippen MR) is 132 cm³/mol. The van der Waals surface area contributed by atoms with E-state index < -0.39 is 23.4 Å². The summed E-state index contributed by atoms with van der Waals surface area (Å²) in [6, 6.07) is 7.82.